The number of hydrogen-bond acceptors (Lipinski definition) is 4. The van der Waals surface area contributed by atoms with Gasteiger partial charge in [0.05, 0.1) is 12.7 Å². The highest BCUT2D eigenvalue weighted by Gasteiger charge is 2.13. The predicted octanol–water partition coefficient (Wildman–Crippen LogP) is 3.19. The smallest absolute Gasteiger partial charge is 0.163 e. The van der Waals surface area contributed by atoms with Gasteiger partial charge in [-0.3, -0.25) is 0 Å². The van der Waals surface area contributed by atoms with Gasteiger partial charge < -0.3 is 10.1 Å². The van der Waals surface area contributed by atoms with Crippen LogP contribution in [0.15, 0.2) is 18.2 Å². The van der Waals surface area contributed by atoms with Crippen molar-refractivity contribution in [3.8, 4) is 17.1 Å². The van der Waals surface area contributed by atoms with Gasteiger partial charge in [0, 0.05) is 23.5 Å². The van der Waals surface area contributed by atoms with Gasteiger partial charge in [0.1, 0.15) is 5.75 Å². The molecule has 0 radical (unpaired) electrons. The van der Waals surface area contributed by atoms with Crippen LogP contribution in [-0.4, -0.2) is 23.6 Å². The summed E-state index contributed by atoms with van der Waals surface area (Å²) in [5.74, 6) is 1.54. The molecule has 0 fully saturated rings. The highest BCUT2D eigenvalue weighted by Crippen LogP contribution is 2.29. The second-order valence-corrected chi connectivity index (χ2v) is 5.18. The highest BCUT2D eigenvalue weighted by atomic mass is 16.5. The lowest BCUT2D eigenvalue weighted by molar-refractivity contribution is 0.416. The molecule has 0 amide bonds. The summed E-state index contributed by atoms with van der Waals surface area (Å²) >= 11 is 0. The van der Waals surface area contributed by atoms with Crippen LogP contribution in [-0.2, 0) is 6.54 Å². The van der Waals surface area contributed by atoms with Gasteiger partial charge in [-0.1, -0.05) is 13.0 Å². The van der Waals surface area contributed by atoms with Crippen LogP contribution in [0, 0.1) is 20.8 Å². The highest BCUT2D eigenvalue weighted by molar-refractivity contribution is 5.65. The molecule has 1 aromatic heterocycles. The Morgan fingerprint density at radius 3 is 2.33 bits per heavy atom. The lowest BCUT2D eigenvalue weighted by Gasteiger charge is -2.13. The molecule has 2 rings (SSSR count). The van der Waals surface area contributed by atoms with Crippen molar-refractivity contribution in [2.45, 2.75) is 34.2 Å². The standard InChI is InChI=1S/C17H23N3O/c1-6-18-10-15-12(3)19-17(20-13(15)4)14-8-7-11(2)9-16(14)21-5/h7-9,18H,6,10H2,1-5H3. The van der Waals surface area contributed by atoms with E-state index in [1.54, 1.807) is 7.11 Å². The number of aromatic nitrogens is 2. The minimum Gasteiger partial charge on any atom is -0.496 e. The van der Waals surface area contributed by atoms with Gasteiger partial charge in [-0.05, 0) is 45.0 Å². The molecule has 0 aliphatic carbocycles. The minimum absolute atomic E-state index is 0.724. The molecule has 4 heteroatoms. The first-order chi connectivity index (χ1) is 10.1. The lowest BCUT2D eigenvalue weighted by atomic mass is 10.1. The first kappa shape index (κ1) is 15.4. The van der Waals surface area contributed by atoms with E-state index in [9.17, 15) is 0 Å². The Bertz CT molecular complexity index is 615. The molecule has 2 aromatic rings. The first-order valence-electron chi connectivity index (χ1n) is 7.26. The number of aryl methyl sites for hydroxylation is 3. The van der Waals surface area contributed by atoms with E-state index >= 15 is 0 Å². The van der Waals surface area contributed by atoms with Crippen LogP contribution in [0.5, 0.6) is 5.75 Å². The number of hydrogen-bond donors (Lipinski definition) is 1. The Hall–Kier alpha value is -1.94. The predicted molar refractivity (Wildman–Crippen MR) is 85.6 cm³/mol. The first-order valence-corrected chi connectivity index (χ1v) is 7.26. The van der Waals surface area contributed by atoms with E-state index in [0.29, 0.717) is 0 Å². The Morgan fingerprint density at radius 2 is 1.76 bits per heavy atom. The van der Waals surface area contributed by atoms with E-state index in [1.165, 1.54) is 5.56 Å². The van der Waals surface area contributed by atoms with Gasteiger partial charge in [-0.25, -0.2) is 9.97 Å². The molecule has 0 saturated heterocycles. The van der Waals surface area contributed by atoms with E-state index in [0.717, 1.165) is 47.2 Å². The van der Waals surface area contributed by atoms with E-state index in [4.69, 9.17) is 4.74 Å². The van der Waals surface area contributed by atoms with Gasteiger partial charge in [0.25, 0.3) is 0 Å². The Labute approximate surface area is 126 Å². The van der Waals surface area contributed by atoms with Crippen LogP contribution >= 0.6 is 0 Å². The van der Waals surface area contributed by atoms with E-state index < -0.39 is 0 Å². The van der Waals surface area contributed by atoms with Crippen molar-refractivity contribution >= 4 is 0 Å². The number of rotatable bonds is 5. The van der Waals surface area contributed by atoms with Crippen molar-refractivity contribution in [2.24, 2.45) is 0 Å². The SMILES string of the molecule is CCNCc1c(C)nc(-c2ccc(C)cc2OC)nc1C. The zero-order valence-electron chi connectivity index (χ0n) is 13.4. The Balaban J connectivity index is 2.46. The Morgan fingerprint density at radius 1 is 1.10 bits per heavy atom. The fraction of sp³-hybridized carbons (Fsp3) is 0.412. The molecule has 1 N–H and O–H groups in total. The van der Waals surface area contributed by atoms with Crippen molar-refractivity contribution < 1.29 is 4.74 Å². The molecule has 0 aliphatic rings. The van der Waals surface area contributed by atoms with Crippen molar-refractivity contribution in [3.05, 3.63) is 40.7 Å². The van der Waals surface area contributed by atoms with Crippen LogP contribution in [0.4, 0.5) is 0 Å². The third-order valence-electron chi connectivity index (χ3n) is 3.57. The molecule has 4 nitrogen and oxygen atoms in total. The minimum atomic E-state index is 0.724. The molecule has 0 bridgehead atoms. The van der Waals surface area contributed by atoms with E-state index in [1.807, 2.05) is 32.9 Å². The second kappa shape index (κ2) is 6.68. The average Bonchev–Trinajstić information content (AvgIpc) is 2.46. The number of methoxy groups -OCH3 is 1. The summed E-state index contributed by atoms with van der Waals surface area (Å²) in [6, 6.07) is 6.08. The summed E-state index contributed by atoms with van der Waals surface area (Å²) in [6.45, 7) is 9.95. The monoisotopic (exact) mass is 285 g/mol. The van der Waals surface area contributed by atoms with Gasteiger partial charge >= 0.3 is 0 Å². The lowest BCUT2D eigenvalue weighted by Crippen LogP contribution is -2.15. The van der Waals surface area contributed by atoms with Gasteiger partial charge in [0.15, 0.2) is 5.82 Å². The van der Waals surface area contributed by atoms with Crippen molar-refractivity contribution in [1.29, 1.82) is 0 Å². The maximum atomic E-state index is 5.46. The van der Waals surface area contributed by atoms with E-state index in [-0.39, 0.29) is 0 Å². The fourth-order valence-corrected chi connectivity index (χ4v) is 2.35. The maximum absolute atomic E-state index is 5.46. The van der Waals surface area contributed by atoms with Gasteiger partial charge in [-0.2, -0.15) is 0 Å². The van der Waals surface area contributed by atoms with Crippen molar-refractivity contribution in [1.82, 2.24) is 15.3 Å². The zero-order chi connectivity index (χ0) is 15.4. The van der Waals surface area contributed by atoms with E-state index in [2.05, 4.69) is 28.3 Å². The molecule has 0 aliphatic heterocycles. The normalized spacial score (nSPS) is 10.7. The Kier molecular flexibility index (Phi) is 4.91. The van der Waals surface area contributed by atoms with Gasteiger partial charge in [-0.15, -0.1) is 0 Å². The third kappa shape index (κ3) is 3.39. The van der Waals surface area contributed by atoms with Crippen LogP contribution in [0.3, 0.4) is 0 Å². The molecule has 21 heavy (non-hydrogen) atoms. The van der Waals surface area contributed by atoms with Crippen LogP contribution in [0.25, 0.3) is 11.4 Å². The fourth-order valence-electron chi connectivity index (χ4n) is 2.35. The molecule has 0 unspecified atom stereocenters. The number of nitrogens with zero attached hydrogens (tertiary/aromatic N) is 2. The summed E-state index contributed by atoms with van der Waals surface area (Å²) in [5.41, 5.74) is 5.30. The largest absolute Gasteiger partial charge is 0.496 e. The maximum Gasteiger partial charge on any atom is 0.163 e. The molecule has 0 spiro atoms. The van der Waals surface area contributed by atoms with Crippen molar-refractivity contribution in [3.63, 3.8) is 0 Å². The number of nitrogens with one attached hydrogen (secondary N) is 1. The second-order valence-electron chi connectivity index (χ2n) is 5.18. The van der Waals surface area contributed by atoms with Crippen molar-refractivity contribution in [2.75, 3.05) is 13.7 Å². The number of benzene rings is 1. The topological polar surface area (TPSA) is 47.0 Å². The molecule has 0 saturated carbocycles. The molecular weight excluding hydrogens is 262 g/mol. The molecule has 0 atom stereocenters. The summed E-state index contributed by atoms with van der Waals surface area (Å²) in [5, 5.41) is 3.33. The molecule has 1 heterocycles. The van der Waals surface area contributed by atoms with Crippen LogP contribution in [0.1, 0.15) is 29.4 Å². The van der Waals surface area contributed by atoms with Gasteiger partial charge in [0.2, 0.25) is 0 Å². The summed E-state index contributed by atoms with van der Waals surface area (Å²) in [6.07, 6.45) is 0. The summed E-state index contributed by atoms with van der Waals surface area (Å²) < 4.78 is 5.46. The average molecular weight is 285 g/mol. The molecule has 112 valence electrons. The van der Waals surface area contributed by atoms with Crippen LogP contribution in [0.2, 0.25) is 0 Å². The number of ether oxygens (including phenoxy) is 1. The summed E-state index contributed by atoms with van der Waals surface area (Å²) in [4.78, 5) is 9.33. The van der Waals surface area contributed by atoms with Crippen LogP contribution < -0.4 is 10.1 Å². The zero-order valence-corrected chi connectivity index (χ0v) is 13.4. The third-order valence-corrected chi connectivity index (χ3v) is 3.57. The summed E-state index contributed by atoms with van der Waals surface area (Å²) in [7, 11) is 1.68. The quantitative estimate of drug-likeness (QED) is 0.916. The molecular formula is C17H23N3O. The molecule has 1 aromatic carbocycles.